The van der Waals surface area contributed by atoms with E-state index in [1.54, 1.807) is 0 Å². The lowest BCUT2D eigenvalue weighted by Crippen LogP contribution is -1.93. The van der Waals surface area contributed by atoms with Crippen LogP contribution in [0.5, 0.6) is 0 Å². The van der Waals surface area contributed by atoms with Gasteiger partial charge in [-0.15, -0.1) is 0 Å². The summed E-state index contributed by atoms with van der Waals surface area (Å²) in [5.41, 5.74) is 8.18. The Morgan fingerprint density at radius 2 is 1.50 bits per heavy atom. The lowest BCUT2D eigenvalue weighted by Gasteiger charge is -2.14. The van der Waals surface area contributed by atoms with Gasteiger partial charge in [-0.3, -0.25) is 0 Å². The lowest BCUT2D eigenvalue weighted by molar-refractivity contribution is 0.834. The van der Waals surface area contributed by atoms with E-state index in [9.17, 15) is 0 Å². The number of rotatable bonds is 4. The maximum Gasteiger partial charge on any atom is 0.190 e. The largest absolute Gasteiger partial charge is 0.238 e. The Labute approximate surface area is 146 Å². The highest BCUT2D eigenvalue weighted by Gasteiger charge is 2.10. The van der Waals surface area contributed by atoms with E-state index in [-0.39, 0.29) is 0 Å². The Morgan fingerprint density at radius 3 is 1.96 bits per heavy atom. The van der Waals surface area contributed by atoms with Crippen molar-refractivity contribution < 1.29 is 0 Å². The average Bonchev–Trinajstić information content (AvgIpc) is 2.52. The molecule has 0 heterocycles. The molecule has 0 aliphatic heterocycles. The minimum Gasteiger partial charge on any atom is -0.238 e. The first-order valence-electron chi connectivity index (χ1n) is 8.64. The van der Waals surface area contributed by atoms with Gasteiger partial charge < -0.3 is 0 Å². The SMILES string of the molecule is [C-]#[N+]/C(=C\C(C)C)c1ccc(-c2ccc(C(C)C)cc2C)c(C)c1. The van der Waals surface area contributed by atoms with Crippen LogP contribution in [0.15, 0.2) is 42.5 Å². The van der Waals surface area contributed by atoms with E-state index in [0.717, 1.165) is 11.3 Å². The van der Waals surface area contributed by atoms with Crippen molar-refractivity contribution in [2.45, 2.75) is 47.5 Å². The van der Waals surface area contributed by atoms with Crippen LogP contribution in [0.2, 0.25) is 0 Å². The summed E-state index contributed by atoms with van der Waals surface area (Å²) >= 11 is 0. The Kier molecular flexibility index (Phi) is 5.62. The summed E-state index contributed by atoms with van der Waals surface area (Å²) in [5.74, 6) is 0.920. The maximum atomic E-state index is 7.43. The van der Waals surface area contributed by atoms with Gasteiger partial charge in [-0.2, -0.15) is 0 Å². The van der Waals surface area contributed by atoms with Crippen molar-refractivity contribution in [2.24, 2.45) is 5.92 Å². The third-order valence-corrected chi connectivity index (χ3v) is 4.34. The Balaban J connectivity index is 2.46. The molecule has 2 aromatic carbocycles. The van der Waals surface area contributed by atoms with Crippen LogP contribution in [0.3, 0.4) is 0 Å². The normalized spacial score (nSPS) is 11.9. The average molecular weight is 317 g/mol. The molecule has 0 fully saturated rings. The van der Waals surface area contributed by atoms with E-state index in [1.165, 1.54) is 27.8 Å². The van der Waals surface area contributed by atoms with Gasteiger partial charge >= 0.3 is 0 Å². The predicted octanol–water partition coefficient (Wildman–Crippen LogP) is 7.01. The highest BCUT2D eigenvalue weighted by Crippen LogP contribution is 2.31. The van der Waals surface area contributed by atoms with Crippen LogP contribution >= 0.6 is 0 Å². The summed E-state index contributed by atoms with van der Waals surface area (Å²) in [6.07, 6.45) is 2.03. The van der Waals surface area contributed by atoms with Crippen molar-refractivity contribution in [3.8, 4) is 11.1 Å². The molecular formula is C23H27N. The van der Waals surface area contributed by atoms with Gasteiger partial charge in [0.05, 0.1) is 6.57 Å². The highest BCUT2D eigenvalue weighted by atomic mass is 14.7. The van der Waals surface area contributed by atoms with E-state index in [2.05, 4.69) is 82.8 Å². The van der Waals surface area contributed by atoms with Crippen LogP contribution in [-0.4, -0.2) is 0 Å². The fourth-order valence-electron chi connectivity index (χ4n) is 2.99. The zero-order valence-electron chi connectivity index (χ0n) is 15.6. The van der Waals surface area contributed by atoms with Gasteiger partial charge in [-0.05, 0) is 59.1 Å². The minimum absolute atomic E-state index is 0.375. The molecule has 2 aromatic rings. The quantitative estimate of drug-likeness (QED) is 0.534. The summed E-state index contributed by atoms with van der Waals surface area (Å²) in [7, 11) is 0. The van der Waals surface area contributed by atoms with E-state index >= 15 is 0 Å². The van der Waals surface area contributed by atoms with Gasteiger partial charge in [0, 0.05) is 0 Å². The van der Waals surface area contributed by atoms with Gasteiger partial charge in [0.1, 0.15) is 0 Å². The maximum absolute atomic E-state index is 7.43. The standard InChI is InChI=1S/C23H27N/c1-15(2)12-23(24-7)20-9-11-22(18(6)14-20)21-10-8-19(16(3)4)13-17(21)5/h8-16H,1-6H3/b23-12-. The lowest BCUT2D eigenvalue weighted by atomic mass is 9.91. The van der Waals surface area contributed by atoms with Gasteiger partial charge in [-0.1, -0.05) is 70.2 Å². The molecule has 0 saturated carbocycles. The summed E-state index contributed by atoms with van der Waals surface area (Å²) in [5, 5.41) is 0. The number of benzene rings is 2. The summed E-state index contributed by atoms with van der Waals surface area (Å²) in [4.78, 5) is 3.70. The predicted molar refractivity (Wildman–Crippen MR) is 105 cm³/mol. The van der Waals surface area contributed by atoms with Crippen molar-refractivity contribution in [3.63, 3.8) is 0 Å². The molecule has 0 atom stereocenters. The molecule has 0 amide bonds. The second-order valence-corrected chi connectivity index (χ2v) is 7.17. The van der Waals surface area contributed by atoms with E-state index < -0.39 is 0 Å². The first-order valence-corrected chi connectivity index (χ1v) is 8.64. The first kappa shape index (κ1) is 18.0. The fourth-order valence-corrected chi connectivity index (χ4v) is 2.99. The summed E-state index contributed by atoms with van der Waals surface area (Å²) in [6.45, 7) is 20.4. The van der Waals surface area contributed by atoms with Crippen LogP contribution in [0.4, 0.5) is 0 Å². The molecule has 0 unspecified atom stereocenters. The molecule has 24 heavy (non-hydrogen) atoms. The van der Waals surface area contributed by atoms with Crippen molar-refractivity contribution in [1.82, 2.24) is 0 Å². The second kappa shape index (κ2) is 7.49. The molecule has 2 rings (SSSR count). The van der Waals surface area contributed by atoms with Gasteiger partial charge in [-0.25, -0.2) is 4.85 Å². The van der Waals surface area contributed by atoms with Crippen LogP contribution in [0.25, 0.3) is 21.7 Å². The topological polar surface area (TPSA) is 4.36 Å². The Bertz CT molecular complexity index is 801. The first-order chi connectivity index (χ1) is 11.3. The van der Waals surface area contributed by atoms with E-state index in [1.807, 2.05) is 6.08 Å². The van der Waals surface area contributed by atoms with Crippen molar-refractivity contribution in [2.75, 3.05) is 0 Å². The molecule has 0 aliphatic rings. The molecule has 124 valence electrons. The minimum atomic E-state index is 0.375. The molecule has 0 N–H and O–H groups in total. The smallest absolute Gasteiger partial charge is 0.190 e. The van der Waals surface area contributed by atoms with Crippen LogP contribution in [0.1, 0.15) is 55.9 Å². The number of hydrogen-bond donors (Lipinski definition) is 0. The molecule has 0 bridgehead atoms. The number of nitrogens with zero attached hydrogens (tertiary/aromatic N) is 1. The van der Waals surface area contributed by atoms with Crippen molar-refractivity contribution in [3.05, 3.63) is 76.1 Å². The van der Waals surface area contributed by atoms with E-state index in [4.69, 9.17) is 6.57 Å². The summed E-state index contributed by atoms with van der Waals surface area (Å²) in [6, 6.07) is 13.1. The zero-order chi connectivity index (χ0) is 17.9. The number of aryl methyl sites for hydroxylation is 2. The monoisotopic (exact) mass is 317 g/mol. The third-order valence-electron chi connectivity index (χ3n) is 4.34. The molecule has 0 aromatic heterocycles. The van der Waals surface area contributed by atoms with Gasteiger partial charge in [0.2, 0.25) is 0 Å². The molecule has 1 heteroatoms. The Hall–Kier alpha value is -2.33. The second-order valence-electron chi connectivity index (χ2n) is 7.17. The highest BCUT2D eigenvalue weighted by molar-refractivity contribution is 5.77. The molecular weight excluding hydrogens is 290 g/mol. The Morgan fingerprint density at radius 1 is 0.917 bits per heavy atom. The molecule has 0 spiro atoms. The zero-order valence-corrected chi connectivity index (χ0v) is 15.6. The number of hydrogen-bond acceptors (Lipinski definition) is 0. The van der Waals surface area contributed by atoms with Crippen LogP contribution in [0, 0.1) is 26.3 Å². The van der Waals surface area contributed by atoms with Gasteiger partial charge in [0.25, 0.3) is 0 Å². The molecule has 0 aliphatic carbocycles. The molecule has 0 saturated heterocycles. The van der Waals surface area contributed by atoms with Crippen molar-refractivity contribution in [1.29, 1.82) is 0 Å². The van der Waals surface area contributed by atoms with E-state index in [0.29, 0.717) is 11.8 Å². The van der Waals surface area contributed by atoms with Crippen LogP contribution in [-0.2, 0) is 0 Å². The number of allylic oxidation sites excluding steroid dienone is 1. The summed E-state index contributed by atoms with van der Waals surface area (Å²) < 4.78 is 0. The molecule has 1 nitrogen and oxygen atoms in total. The van der Waals surface area contributed by atoms with Crippen LogP contribution < -0.4 is 0 Å². The van der Waals surface area contributed by atoms with Crippen molar-refractivity contribution >= 4 is 5.70 Å². The fraction of sp³-hybridized carbons (Fsp3) is 0.348. The molecule has 0 radical (unpaired) electrons. The third kappa shape index (κ3) is 3.95. The van der Waals surface area contributed by atoms with Gasteiger partial charge in [0.15, 0.2) is 5.70 Å².